The lowest BCUT2D eigenvalue weighted by Crippen LogP contribution is -2.36. The molecule has 1 aromatic carbocycles. The minimum Gasteiger partial charge on any atom is -0.507 e. The molecule has 3 rings (SSSR count). The van der Waals surface area contributed by atoms with Gasteiger partial charge in [-0.3, -0.25) is 9.59 Å². The van der Waals surface area contributed by atoms with Gasteiger partial charge in [-0.2, -0.15) is 0 Å². The minimum absolute atomic E-state index is 0.0450. The van der Waals surface area contributed by atoms with Gasteiger partial charge in [-0.25, -0.2) is 0 Å². The molecule has 0 spiro atoms. The van der Waals surface area contributed by atoms with Crippen LogP contribution >= 0.6 is 0 Å². The van der Waals surface area contributed by atoms with E-state index >= 15 is 0 Å². The van der Waals surface area contributed by atoms with Gasteiger partial charge in [0.05, 0.1) is 37.6 Å². The summed E-state index contributed by atoms with van der Waals surface area (Å²) in [4.78, 5) is 25.8. The van der Waals surface area contributed by atoms with E-state index < -0.39 is 11.9 Å². The third-order valence-electron chi connectivity index (χ3n) is 4.28. The fraction of sp³-hybridized carbons (Fsp3) is 0.412. The Labute approximate surface area is 133 Å². The van der Waals surface area contributed by atoms with E-state index in [0.717, 1.165) is 0 Å². The molecule has 0 fully saturated rings. The molecule has 0 radical (unpaired) electrons. The van der Waals surface area contributed by atoms with Crippen LogP contribution in [0.5, 0.6) is 17.2 Å². The van der Waals surface area contributed by atoms with E-state index in [2.05, 4.69) is 0 Å². The Morgan fingerprint density at radius 3 is 2.43 bits per heavy atom. The van der Waals surface area contributed by atoms with Gasteiger partial charge in [0.2, 0.25) is 0 Å². The topological polar surface area (TPSA) is 82.1 Å². The number of methoxy groups -OCH3 is 2. The van der Waals surface area contributed by atoms with E-state index in [4.69, 9.17) is 14.2 Å². The van der Waals surface area contributed by atoms with Gasteiger partial charge in [-0.1, -0.05) is 0 Å². The smallest absolute Gasteiger partial charge is 0.196 e. The summed E-state index contributed by atoms with van der Waals surface area (Å²) < 4.78 is 16.1. The van der Waals surface area contributed by atoms with Crippen LogP contribution in [0.2, 0.25) is 0 Å². The number of ether oxygens (including phenoxy) is 3. The monoisotopic (exact) mass is 318 g/mol. The average molecular weight is 318 g/mol. The minimum atomic E-state index is -0.495. The van der Waals surface area contributed by atoms with E-state index in [1.54, 1.807) is 6.92 Å². The molecule has 6 nitrogen and oxygen atoms in total. The Bertz CT molecular complexity index is 746. The van der Waals surface area contributed by atoms with Crippen molar-refractivity contribution in [2.75, 3.05) is 14.2 Å². The Morgan fingerprint density at radius 2 is 1.83 bits per heavy atom. The predicted octanol–water partition coefficient (Wildman–Crippen LogP) is 2.28. The van der Waals surface area contributed by atoms with Crippen molar-refractivity contribution in [3.8, 4) is 17.2 Å². The number of hydrogen-bond donors (Lipinski definition) is 1. The van der Waals surface area contributed by atoms with Crippen LogP contribution in [0.15, 0.2) is 17.2 Å². The first-order valence-corrected chi connectivity index (χ1v) is 7.36. The van der Waals surface area contributed by atoms with E-state index in [1.807, 2.05) is 6.92 Å². The Kier molecular flexibility index (Phi) is 3.64. The van der Waals surface area contributed by atoms with Crippen LogP contribution in [0.25, 0.3) is 0 Å². The van der Waals surface area contributed by atoms with Gasteiger partial charge < -0.3 is 19.3 Å². The third kappa shape index (κ3) is 2.13. The summed E-state index contributed by atoms with van der Waals surface area (Å²) in [6, 6.07) is 1.28. The van der Waals surface area contributed by atoms with Crippen molar-refractivity contribution in [3.63, 3.8) is 0 Å². The lowest BCUT2D eigenvalue weighted by molar-refractivity contribution is 0.0148. The summed E-state index contributed by atoms with van der Waals surface area (Å²) in [7, 11) is 2.80. The predicted molar refractivity (Wildman–Crippen MR) is 81.5 cm³/mol. The molecule has 0 unspecified atom stereocenters. The van der Waals surface area contributed by atoms with Gasteiger partial charge in [-0.15, -0.1) is 0 Å². The Hall–Kier alpha value is -2.34. The molecular weight excluding hydrogens is 300 g/mol. The third-order valence-corrected chi connectivity index (χ3v) is 4.28. The molecule has 1 aromatic rings. The van der Waals surface area contributed by atoms with E-state index in [9.17, 15) is 14.7 Å². The number of phenols is 1. The average Bonchev–Trinajstić information content (AvgIpc) is 2.50. The molecule has 1 heterocycles. The van der Waals surface area contributed by atoms with Crippen LogP contribution in [0, 0.1) is 0 Å². The van der Waals surface area contributed by atoms with Crippen molar-refractivity contribution in [1.29, 1.82) is 0 Å². The van der Waals surface area contributed by atoms with Crippen molar-refractivity contribution in [3.05, 3.63) is 28.3 Å². The molecular formula is C17H18O6. The molecule has 1 aliphatic carbocycles. The van der Waals surface area contributed by atoms with Crippen molar-refractivity contribution in [1.82, 2.24) is 0 Å². The van der Waals surface area contributed by atoms with Crippen molar-refractivity contribution in [2.45, 2.75) is 32.5 Å². The Morgan fingerprint density at radius 1 is 1.13 bits per heavy atom. The molecule has 0 aromatic heterocycles. The summed E-state index contributed by atoms with van der Waals surface area (Å²) in [6.07, 6.45) is -0.303. The fourth-order valence-electron chi connectivity index (χ4n) is 3.36. The van der Waals surface area contributed by atoms with Crippen LogP contribution in [-0.2, 0) is 4.74 Å². The molecule has 122 valence electrons. The largest absolute Gasteiger partial charge is 0.507 e. The molecule has 6 heteroatoms. The summed E-state index contributed by atoms with van der Waals surface area (Å²) in [5, 5.41) is 10.2. The molecule has 1 N–H and O–H groups in total. The summed E-state index contributed by atoms with van der Waals surface area (Å²) in [5.41, 5.74) is 0.772. The standard InChI is InChI=1S/C17H18O6/c1-7-5-9-12(8(2)23-7)16(20)13-10(18)6-11(21-3)17(22-4)14(13)15(9)19/h6-8,18H,5H2,1-4H3/t7-,8+/m0/s1. The quantitative estimate of drug-likeness (QED) is 0.901. The number of aromatic hydroxyl groups is 1. The molecule has 0 saturated heterocycles. The van der Waals surface area contributed by atoms with Gasteiger partial charge >= 0.3 is 0 Å². The summed E-state index contributed by atoms with van der Waals surface area (Å²) in [5.74, 6) is -0.637. The summed E-state index contributed by atoms with van der Waals surface area (Å²) >= 11 is 0. The Balaban J connectivity index is 2.31. The second-order valence-corrected chi connectivity index (χ2v) is 5.72. The van der Waals surface area contributed by atoms with Gasteiger partial charge in [-0.05, 0) is 13.8 Å². The zero-order chi connectivity index (χ0) is 16.9. The number of fused-ring (bicyclic) bond motifs is 1. The number of Topliss-reactive ketones (excluding diaryl/α,β-unsaturated/α-hetero) is 2. The zero-order valence-electron chi connectivity index (χ0n) is 13.4. The summed E-state index contributed by atoms with van der Waals surface area (Å²) in [6.45, 7) is 3.59. The van der Waals surface area contributed by atoms with E-state index in [0.29, 0.717) is 17.6 Å². The molecule has 2 atom stereocenters. The maximum Gasteiger partial charge on any atom is 0.196 e. The van der Waals surface area contributed by atoms with Crippen molar-refractivity contribution < 1.29 is 28.9 Å². The van der Waals surface area contributed by atoms with Crippen LogP contribution in [0.1, 0.15) is 41.0 Å². The van der Waals surface area contributed by atoms with Gasteiger partial charge in [0.15, 0.2) is 23.1 Å². The number of phenolic OH excluding ortho intramolecular Hbond substituents is 1. The van der Waals surface area contributed by atoms with Gasteiger partial charge in [0.25, 0.3) is 0 Å². The maximum absolute atomic E-state index is 13.0. The number of rotatable bonds is 2. The van der Waals surface area contributed by atoms with Crippen molar-refractivity contribution >= 4 is 11.6 Å². The van der Waals surface area contributed by atoms with E-state index in [-0.39, 0.29) is 40.3 Å². The lowest BCUT2D eigenvalue weighted by atomic mass is 9.78. The first-order valence-electron chi connectivity index (χ1n) is 7.36. The van der Waals surface area contributed by atoms with Crippen molar-refractivity contribution in [2.24, 2.45) is 0 Å². The highest BCUT2D eigenvalue weighted by Gasteiger charge is 2.42. The first-order chi connectivity index (χ1) is 10.9. The fourth-order valence-corrected chi connectivity index (χ4v) is 3.36. The molecule has 23 heavy (non-hydrogen) atoms. The molecule has 0 bridgehead atoms. The van der Waals surface area contributed by atoms with E-state index in [1.165, 1.54) is 20.3 Å². The molecule has 0 saturated carbocycles. The number of carbonyl (C=O) groups is 2. The van der Waals surface area contributed by atoms with Gasteiger partial charge in [0, 0.05) is 23.6 Å². The second kappa shape index (κ2) is 5.38. The molecule has 1 aliphatic heterocycles. The normalized spacial score (nSPS) is 23.5. The number of carbonyl (C=O) groups excluding carboxylic acids is 2. The zero-order valence-corrected chi connectivity index (χ0v) is 13.4. The first kappa shape index (κ1) is 15.6. The number of hydrogen-bond acceptors (Lipinski definition) is 6. The maximum atomic E-state index is 13.0. The van der Waals surface area contributed by atoms with Crippen LogP contribution < -0.4 is 9.47 Å². The van der Waals surface area contributed by atoms with Crippen LogP contribution in [0.4, 0.5) is 0 Å². The van der Waals surface area contributed by atoms with Gasteiger partial charge in [0.1, 0.15) is 5.75 Å². The SMILES string of the molecule is COc1cc(O)c2c(c1OC)C(=O)C1=C(C2=O)[C@@H](C)O[C@@H](C)C1. The lowest BCUT2D eigenvalue weighted by Gasteiger charge is -2.33. The van der Waals surface area contributed by atoms with Crippen LogP contribution in [-0.4, -0.2) is 43.1 Å². The second-order valence-electron chi connectivity index (χ2n) is 5.72. The number of ketones is 2. The van der Waals surface area contributed by atoms with Crippen LogP contribution in [0.3, 0.4) is 0 Å². The highest BCUT2D eigenvalue weighted by Crippen LogP contribution is 2.46. The number of benzene rings is 1. The highest BCUT2D eigenvalue weighted by atomic mass is 16.5. The molecule has 0 amide bonds. The highest BCUT2D eigenvalue weighted by molar-refractivity contribution is 6.29. The molecule has 2 aliphatic rings.